The zero-order valence-electron chi connectivity index (χ0n) is 11.8. The van der Waals surface area contributed by atoms with Crippen molar-refractivity contribution in [2.24, 2.45) is 0 Å². The van der Waals surface area contributed by atoms with Gasteiger partial charge in [0.1, 0.15) is 0 Å². The number of carbonyl (C=O) groups is 1. The number of hydrogen-bond donors (Lipinski definition) is 0. The molecule has 0 saturated heterocycles. The number of benzene rings is 1. The predicted octanol–water partition coefficient (Wildman–Crippen LogP) is 2.45. The molecule has 1 aromatic rings. The Morgan fingerprint density at radius 1 is 1.43 bits per heavy atom. The summed E-state index contributed by atoms with van der Waals surface area (Å²) in [7, 11) is -3.63. The zero-order chi connectivity index (χ0) is 15.5. The molecule has 0 heterocycles. The molecule has 1 aliphatic carbocycles. The van der Waals surface area contributed by atoms with Gasteiger partial charge in [0.15, 0.2) is 0 Å². The molecule has 0 radical (unpaired) electrons. The Morgan fingerprint density at radius 3 is 2.71 bits per heavy atom. The van der Waals surface area contributed by atoms with Crippen molar-refractivity contribution in [2.75, 3.05) is 13.2 Å². The van der Waals surface area contributed by atoms with Gasteiger partial charge in [0.05, 0.1) is 17.9 Å². The van der Waals surface area contributed by atoms with Gasteiger partial charge in [-0.2, -0.15) is 4.31 Å². The van der Waals surface area contributed by atoms with E-state index in [1.165, 1.54) is 16.4 Å². The third kappa shape index (κ3) is 4.18. The summed E-state index contributed by atoms with van der Waals surface area (Å²) < 4.78 is 31.5. The van der Waals surface area contributed by atoms with E-state index in [-0.39, 0.29) is 29.9 Å². The van der Waals surface area contributed by atoms with E-state index in [1.807, 2.05) is 0 Å². The number of ether oxygens (including phenoxy) is 1. The third-order valence-corrected chi connectivity index (χ3v) is 5.38. The number of hydrogen-bond acceptors (Lipinski definition) is 4. The van der Waals surface area contributed by atoms with Gasteiger partial charge in [-0.15, -0.1) is 0 Å². The number of rotatable bonds is 7. The second-order valence-corrected chi connectivity index (χ2v) is 7.19. The maximum Gasteiger partial charge on any atom is 0.307 e. The first-order chi connectivity index (χ1) is 9.95. The minimum absolute atomic E-state index is 0.0246. The first kappa shape index (κ1) is 16.3. The molecule has 0 aromatic heterocycles. The lowest BCUT2D eigenvalue weighted by molar-refractivity contribution is -0.143. The highest BCUT2D eigenvalue weighted by molar-refractivity contribution is 7.89. The van der Waals surface area contributed by atoms with Crippen molar-refractivity contribution in [1.82, 2.24) is 4.31 Å². The molecular weight excluding hydrogens is 314 g/mol. The Bertz CT molecular complexity index is 613. The fourth-order valence-electron chi connectivity index (χ4n) is 2.06. The minimum Gasteiger partial charge on any atom is -0.466 e. The Hall–Kier alpha value is -1.11. The highest BCUT2D eigenvalue weighted by Gasteiger charge is 2.38. The van der Waals surface area contributed by atoms with Gasteiger partial charge in [0.2, 0.25) is 10.0 Å². The van der Waals surface area contributed by atoms with Gasteiger partial charge in [0.25, 0.3) is 0 Å². The summed E-state index contributed by atoms with van der Waals surface area (Å²) in [5, 5.41) is 0.372. The van der Waals surface area contributed by atoms with Crippen LogP contribution in [0.3, 0.4) is 0 Å². The van der Waals surface area contributed by atoms with Crippen LogP contribution in [-0.4, -0.2) is 37.9 Å². The lowest BCUT2D eigenvalue weighted by Crippen LogP contribution is -2.35. The van der Waals surface area contributed by atoms with Crippen LogP contribution < -0.4 is 0 Å². The van der Waals surface area contributed by atoms with Crippen molar-refractivity contribution in [3.63, 3.8) is 0 Å². The Kier molecular flexibility index (Phi) is 5.24. The van der Waals surface area contributed by atoms with Gasteiger partial charge >= 0.3 is 5.97 Å². The van der Waals surface area contributed by atoms with Crippen LogP contribution in [0, 0.1) is 0 Å². The number of esters is 1. The molecule has 1 aromatic carbocycles. The first-order valence-corrected chi connectivity index (χ1v) is 8.70. The molecule has 1 aliphatic rings. The third-order valence-electron chi connectivity index (χ3n) is 3.20. The molecule has 0 unspecified atom stereocenters. The van der Waals surface area contributed by atoms with E-state index in [2.05, 4.69) is 0 Å². The van der Waals surface area contributed by atoms with Crippen LogP contribution in [0.25, 0.3) is 0 Å². The number of nitrogens with zero attached hydrogens (tertiary/aromatic N) is 1. The Balaban J connectivity index is 2.15. The lowest BCUT2D eigenvalue weighted by atomic mass is 10.4. The predicted molar refractivity (Wildman–Crippen MR) is 79.6 cm³/mol. The summed E-state index contributed by atoms with van der Waals surface area (Å²) in [4.78, 5) is 11.6. The summed E-state index contributed by atoms with van der Waals surface area (Å²) in [6, 6.07) is 6.15. The summed E-state index contributed by atoms with van der Waals surface area (Å²) in [6.07, 6.45) is 1.70. The molecule has 0 amide bonds. The summed E-state index contributed by atoms with van der Waals surface area (Å²) in [5.41, 5.74) is 0. The van der Waals surface area contributed by atoms with Crippen LogP contribution in [0.1, 0.15) is 26.2 Å². The van der Waals surface area contributed by atoms with Crippen LogP contribution in [-0.2, 0) is 19.6 Å². The van der Waals surface area contributed by atoms with Gasteiger partial charge in [-0.25, -0.2) is 8.42 Å². The topological polar surface area (TPSA) is 63.7 Å². The van der Waals surface area contributed by atoms with Crippen molar-refractivity contribution >= 4 is 27.6 Å². The molecule has 0 bridgehead atoms. The van der Waals surface area contributed by atoms with E-state index in [9.17, 15) is 13.2 Å². The number of halogens is 1. The normalized spacial score (nSPS) is 15.2. The SMILES string of the molecule is CCOC(=O)CCN(C1CC1)S(=O)(=O)c1cccc(Cl)c1. The van der Waals surface area contributed by atoms with Gasteiger partial charge in [-0.1, -0.05) is 17.7 Å². The second-order valence-electron chi connectivity index (χ2n) is 4.86. The molecule has 7 heteroatoms. The smallest absolute Gasteiger partial charge is 0.307 e. The number of carbonyl (C=O) groups excluding carboxylic acids is 1. The molecule has 5 nitrogen and oxygen atoms in total. The van der Waals surface area contributed by atoms with Gasteiger partial charge in [-0.3, -0.25) is 4.79 Å². The highest BCUT2D eigenvalue weighted by atomic mass is 35.5. The molecule has 0 atom stereocenters. The summed E-state index contributed by atoms with van der Waals surface area (Å²) in [6.45, 7) is 2.15. The fourth-order valence-corrected chi connectivity index (χ4v) is 4.05. The van der Waals surface area contributed by atoms with Crippen molar-refractivity contribution in [3.05, 3.63) is 29.3 Å². The van der Waals surface area contributed by atoms with Crippen molar-refractivity contribution in [1.29, 1.82) is 0 Å². The molecule has 2 rings (SSSR count). The molecule has 116 valence electrons. The quantitative estimate of drug-likeness (QED) is 0.720. The molecule has 0 aliphatic heterocycles. The Labute approximate surface area is 129 Å². The fraction of sp³-hybridized carbons (Fsp3) is 0.500. The van der Waals surface area contributed by atoms with Gasteiger partial charge in [0, 0.05) is 17.6 Å². The molecular formula is C14H18ClNO4S. The van der Waals surface area contributed by atoms with Gasteiger partial charge < -0.3 is 4.74 Å². The van der Waals surface area contributed by atoms with E-state index in [0.29, 0.717) is 11.6 Å². The van der Waals surface area contributed by atoms with Crippen LogP contribution in [0.4, 0.5) is 0 Å². The van der Waals surface area contributed by atoms with Gasteiger partial charge in [-0.05, 0) is 38.0 Å². The summed E-state index contributed by atoms with van der Waals surface area (Å²) >= 11 is 5.86. The molecule has 0 spiro atoms. The molecule has 1 saturated carbocycles. The maximum atomic E-state index is 12.7. The highest BCUT2D eigenvalue weighted by Crippen LogP contribution is 2.32. The van der Waals surface area contributed by atoms with Crippen LogP contribution in [0.5, 0.6) is 0 Å². The zero-order valence-corrected chi connectivity index (χ0v) is 13.4. The van der Waals surface area contributed by atoms with E-state index >= 15 is 0 Å². The standard InChI is InChI=1S/C14H18ClNO4S/c1-2-20-14(17)8-9-16(12-6-7-12)21(18,19)13-5-3-4-11(15)10-13/h3-5,10,12H,2,6-9H2,1H3. The minimum atomic E-state index is -3.63. The van der Waals surface area contributed by atoms with Crippen molar-refractivity contribution in [2.45, 2.75) is 37.1 Å². The van der Waals surface area contributed by atoms with Crippen LogP contribution in [0.15, 0.2) is 29.2 Å². The van der Waals surface area contributed by atoms with E-state index in [4.69, 9.17) is 16.3 Å². The average Bonchev–Trinajstić information content (AvgIpc) is 3.23. The molecule has 1 fully saturated rings. The first-order valence-electron chi connectivity index (χ1n) is 6.88. The average molecular weight is 332 g/mol. The van der Waals surface area contributed by atoms with Crippen LogP contribution >= 0.6 is 11.6 Å². The maximum absolute atomic E-state index is 12.7. The van der Waals surface area contributed by atoms with Crippen LogP contribution in [0.2, 0.25) is 5.02 Å². The Morgan fingerprint density at radius 2 is 2.14 bits per heavy atom. The van der Waals surface area contributed by atoms with E-state index in [0.717, 1.165) is 12.8 Å². The lowest BCUT2D eigenvalue weighted by Gasteiger charge is -2.21. The summed E-state index contributed by atoms with van der Waals surface area (Å²) in [5.74, 6) is -0.385. The number of sulfonamides is 1. The van der Waals surface area contributed by atoms with Crippen molar-refractivity contribution in [3.8, 4) is 0 Å². The largest absolute Gasteiger partial charge is 0.466 e. The van der Waals surface area contributed by atoms with Crippen molar-refractivity contribution < 1.29 is 17.9 Å². The molecule has 0 N–H and O–H groups in total. The monoisotopic (exact) mass is 331 g/mol. The molecule has 21 heavy (non-hydrogen) atoms. The second kappa shape index (κ2) is 6.77. The van der Waals surface area contributed by atoms with E-state index < -0.39 is 10.0 Å². The van der Waals surface area contributed by atoms with E-state index in [1.54, 1.807) is 19.1 Å².